The SMILES string of the molecule is CCCCC=CC(C)[N]CCCCCCC. The van der Waals surface area contributed by atoms with Crippen molar-refractivity contribution in [2.45, 2.75) is 78.2 Å². The van der Waals surface area contributed by atoms with Gasteiger partial charge in [-0.05, 0) is 19.8 Å². The third kappa shape index (κ3) is 11.8. The standard InChI is InChI=1S/C15H30N/c1-4-6-8-10-12-14-16-15(3)13-11-9-7-5-2/h11,13,15H,4-10,12,14H2,1-3H3. The van der Waals surface area contributed by atoms with E-state index in [-0.39, 0.29) is 0 Å². The topological polar surface area (TPSA) is 14.1 Å². The minimum absolute atomic E-state index is 0.419. The molecule has 1 radical (unpaired) electrons. The van der Waals surface area contributed by atoms with Crippen molar-refractivity contribution in [3.63, 3.8) is 0 Å². The smallest absolute Gasteiger partial charge is 0.0397 e. The summed E-state index contributed by atoms with van der Waals surface area (Å²) in [6, 6.07) is 0.419. The average Bonchev–Trinajstić information content (AvgIpc) is 2.29. The van der Waals surface area contributed by atoms with Gasteiger partial charge in [0, 0.05) is 12.6 Å². The minimum Gasteiger partial charge on any atom is -0.235 e. The lowest BCUT2D eigenvalue weighted by Crippen LogP contribution is -2.17. The molecule has 0 aromatic heterocycles. The summed E-state index contributed by atoms with van der Waals surface area (Å²) >= 11 is 0. The first-order chi connectivity index (χ1) is 7.81. The zero-order chi connectivity index (χ0) is 12.1. The molecule has 0 saturated heterocycles. The molecule has 1 atom stereocenters. The quantitative estimate of drug-likeness (QED) is 0.357. The highest BCUT2D eigenvalue weighted by atomic mass is 14.9. The fourth-order valence-corrected chi connectivity index (χ4v) is 1.69. The van der Waals surface area contributed by atoms with Gasteiger partial charge in [0.1, 0.15) is 0 Å². The van der Waals surface area contributed by atoms with Crippen LogP contribution >= 0.6 is 0 Å². The van der Waals surface area contributed by atoms with Crippen molar-refractivity contribution in [1.82, 2.24) is 5.32 Å². The first kappa shape index (κ1) is 15.7. The number of unbranched alkanes of at least 4 members (excludes halogenated alkanes) is 6. The zero-order valence-electron chi connectivity index (χ0n) is 11.5. The first-order valence-electron chi connectivity index (χ1n) is 7.14. The minimum atomic E-state index is 0.419. The second-order valence-corrected chi connectivity index (χ2v) is 4.63. The lowest BCUT2D eigenvalue weighted by atomic mass is 10.1. The van der Waals surface area contributed by atoms with Crippen molar-refractivity contribution in [3.05, 3.63) is 12.2 Å². The first-order valence-corrected chi connectivity index (χ1v) is 7.14. The fourth-order valence-electron chi connectivity index (χ4n) is 1.69. The van der Waals surface area contributed by atoms with E-state index in [1.807, 2.05) is 0 Å². The van der Waals surface area contributed by atoms with Crippen molar-refractivity contribution in [2.75, 3.05) is 6.54 Å². The Kier molecular flexibility index (Phi) is 12.5. The summed E-state index contributed by atoms with van der Waals surface area (Å²) in [4.78, 5) is 0. The normalized spacial score (nSPS) is 13.4. The molecule has 0 aromatic rings. The molecule has 1 unspecified atom stereocenters. The van der Waals surface area contributed by atoms with Gasteiger partial charge in [-0.2, -0.15) is 0 Å². The molecule has 0 N–H and O–H groups in total. The summed E-state index contributed by atoms with van der Waals surface area (Å²) in [5.41, 5.74) is 0. The second-order valence-electron chi connectivity index (χ2n) is 4.63. The van der Waals surface area contributed by atoms with Gasteiger partial charge >= 0.3 is 0 Å². The van der Waals surface area contributed by atoms with Crippen LogP contribution in [0, 0.1) is 0 Å². The lowest BCUT2D eigenvalue weighted by molar-refractivity contribution is 0.553. The Morgan fingerprint density at radius 3 is 2.31 bits per heavy atom. The summed E-state index contributed by atoms with van der Waals surface area (Å²) in [6.07, 6.45) is 15.1. The van der Waals surface area contributed by atoms with Crippen LogP contribution in [-0.2, 0) is 0 Å². The number of allylic oxidation sites excluding steroid dienone is 1. The molecule has 0 aromatic carbocycles. The monoisotopic (exact) mass is 224 g/mol. The molecule has 0 rings (SSSR count). The number of nitrogens with zero attached hydrogens (tertiary/aromatic N) is 1. The molecule has 1 heteroatoms. The third-order valence-electron chi connectivity index (χ3n) is 2.82. The van der Waals surface area contributed by atoms with E-state index in [4.69, 9.17) is 0 Å². The second kappa shape index (κ2) is 12.8. The van der Waals surface area contributed by atoms with Crippen LogP contribution in [0.15, 0.2) is 12.2 Å². The Balaban J connectivity index is 3.22. The number of hydrogen-bond acceptors (Lipinski definition) is 0. The molecule has 0 aliphatic heterocycles. The maximum atomic E-state index is 4.63. The van der Waals surface area contributed by atoms with Crippen LogP contribution in [0.2, 0.25) is 0 Å². The van der Waals surface area contributed by atoms with Crippen LogP contribution < -0.4 is 5.32 Å². The van der Waals surface area contributed by atoms with E-state index in [2.05, 4.69) is 38.2 Å². The molecule has 0 aliphatic carbocycles. The van der Waals surface area contributed by atoms with Crippen molar-refractivity contribution in [2.24, 2.45) is 0 Å². The Morgan fingerprint density at radius 1 is 0.938 bits per heavy atom. The molecule has 0 saturated carbocycles. The van der Waals surface area contributed by atoms with Gasteiger partial charge < -0.3 is 0 Å². The zero-order valence-corrected chi connectivity index (χ0v) is 11.5. The van der Waals surface area contributed by atoms with Gasteiger partial charge in [0.25, 0.3) is 0 Å². The maximum absolute atomic E-state index is 4.63. The molecule has 0 amide bonds. The number of hydrogen-bond donors (Lipinski definition) is 0. The molecular weight excluding hydrogens is 194 g/mol. The average molecular weight is 224 g/mol. The highest BCUT2D eigenvalue weighted by Gasteiger charge is 1.96. The van der Waals surface area contributed by atoms with Crippen molar-refractivity contribution < 1.29 is 0 Å². The van der Waals surface area contributed by atoms with Crippen LogP contribution in [0.25, 0.3) is 0 Å². The lowest BCUT2D eigenvalue weighted by Gasteiger charge is -2.06. The molecule has 0 spiro atoms. The molecule has 0 aliphatic rings. The van der Waals surface area contributed by atoms with Gasteiger partial charge in [-0.1, -0.05) is 64.5 Å². The number of rotatable bonds is 11. The summed E-state index contributed by atoms with van der Waals surface area (Å²) in [7, 11) is 0. The van der Waals surface area contributed by atoms with Crippen LogP contribution in [0.5, 0.6) is 0 Å². The molecule has 0 fully saturated rings. The van der Waals surface area contributed by atoms with Gasteiger partial charge in [0.2, 0.25) is 0 Å². The molecule has 16 heavy (non-hydrogen) atoms. The van der Waals surface area contributed by atoms with E-state index in [0.29, 0.717) is 6.04 Å². The van der Waals surface area contributed by atoms with Crippen LogP contribution in [0.3, 0.4) is 0 Å². The van der Waals surface area contributed by atoms with Crippen LogP contribution in [0.4, 0.5) is 0 Å². The predicted octanol–water partition coefficient (Wildman–Crippen LogP) is 4.70. The van der Waals surface area contributed by atoms with Gasteiger partial charge in [0.15, 0.2) is 0 Å². The largest absolute Gasteiger partial charge is 0.235 e. The van der Waals surface area contributed by atoms with E-state index in [0.717, 1.165) is 6.54 Å². The van der Waals surface area contributed by atoms with Crippen molar-refractivity contribution in [3.8, 4) is 0 Å². The Bertz CT molecular complexity index is 152. The van der Waals surface area contributed by atoms with E-state index in [9.17, 15) is 0 Å². The predicted molar refractivity (Wildman–Crippen MR) is 73.9 cm³/mol. The molecular formula is C15H30N. The third-order valence-corrected chi connectivity index (χ3v) is 2.82. The summed E-state index contributed by atoms with van der Waals surface area (Å²) in [6.45, 7) is 7.73. The van der Waals surface area contributed by atoms with Crippen molar-refractivity contribution >= 4 is 0 Å². The van der Waals surface area contributed by atoms with Crippen molar-refractivity contribution in [1.29, 1.82) is 0 Å². The van der Waals surface area contributed by atoms with Gasteiger partial charge in [-0.25, -0.2) is 5.32 Å². The van der Waals surface area contributed by atoms with E-state index >= 15 is 0 Å². The molecule has 0 heterocycles. The fraction of sp³-hybridized carbons (Fsp3) is 0.867. The van der Waals surface area contributed by atoms with Gasteiger partial charge in [-0.3, -0.25) is 0 Å². The molecule has 95 valence electrons. The Labute approximate surface area is 103 Å². The molecule has 0 bridgehead atoms. The molecule has 1 nitrogen and oxygen atoms in total. The van der Waals surface area contributed by atoms with Crippen LogP contribution in [-0.4, -0.2) is 12.6 Å². The highest BCUT2D eigenvalue weighted by molar-refractivity contribution is 4.90. The van der Waals surface area contributed by atoms with E-state index < -0.39 is 0 Å². The van der Waals surface area contributed by atoms with Crippen LogP contribution in [0.1, 0.15) is 72.1 Å². The Hall–Kier alpha value is -0.300. The summed E-state index contributed by atoms with van der Waals surface area (Å²) in [5, 5.41) is 4.63. The summed E-state index contributed by atoms with van der Waals surface area (Å²) in [5.74, 6) is 0. The van der Waals surface area contributed by atoms with Gasteiger partial charge in [0.05, 0.1) is 0 Å². The Morgan fingerprint density at radius 2 is 1.62 bits per heavy atom. The van der Waals surface area contributed by atoms with E-state index in [1.165, 1.54) is 51.4 Å². The maximum Gasteiger partial charge on any atom is 0.0397 e. The van der Waals surface area contributed by atoms with Gasteiger partial charge in [-0.15, -0.1) is 0 Å². The highest BCUT2D eigenvalue weighted by Crippen LogP contribution is 2.02. The summed E-state index contributed by atoms with van der Waals surface area (Å²) < 4.78 is 0. The van der Waals surface area contributed by atoms with E-state index in [1.54, 1.807) is 0 Å².